The summed E-state index contributed by atoms with van der Waals surface area (Å²) in [5.41, 5.74) is 0.724. The molecule has 0 aliphatic heterocycles. The number of nitrogens with one attached hydrogen (secondary N) is 1. The van der Waals surface area contributed by atoms with Gasteiger partial charge in [0.2, 0.25) is 11.8 Å². The van der Waals surface area contributed by atoms with Crippen LogP contribution >= 0.6 is 34.8 Å². The van der Waals surface area contributed by atoms with Crippen LogP contribution < -0.4 is 9.62 Å². The number of carbonyl (C=O) groups excluding carboxylic acids is 2. The van der Waals surface area contributed by atoms with Gasteiger partial charge in [0.1, 0.15) is 12.6 Å². The number of amides is 2. The molecule has 7 nitrogen and oxygen atoms in total. The summed E-state index contributed by atoms with van der Waals surface area (Å²) in [4.78, 5) is 28.0. The maximum Gasteiger partial charge on any atom is 0.264 e. The number of rotatable bonds is 11. The van der Waals surface area contributed by atoms with Crippen molar-refractivity contribution in [3.8, 4) is 0 Å². The van der Waals surface area contributed by atoms with E-state index in [1.165, 1.54) is 35.2 Å². The van der Waals surface area contributed by atoms with Gasteiger partial charge in [-0.25, -0.2) is 8.42 Å². The molecule has 11 heteroatoms. The number of anilines is 1. The average Bonchev–Trinajstić information content (AvgIpc) is 2.90. The van der Waals surface area contributed by atoms with Crippen LogP contribution in [0.25, 0.3) is 0 Å². The fourth-order valence-corrected chi connectivity index (χ4v) is 5.82. The zero-order chi connectivity index (χ0) is 27.9. The monoisotopic (exact) mass is 595 g/mol. The minimum absolute atomic E-state index is 0.0287. The van der Waals surface area contributed by atoms with E-state index in [0.717, 1.165) is 10.7 Å². The van der Waals surface area contributed by atoms with Crippen molar-refractivity contribution in [2.24, 2.45) is 0 Å². The number of halogens is 3. The fourth-order valence-electron chi connectivity index (χ4n) is 3.72. The Morgan fingerprint density at radius 3 is 2.26 bits per heavy atom. The van der Waals surface area contributed by atoms with Crippen LogP contribution in [-0.4, -0.2) is 44.3 Å². The lowest BCUT2D eigenvalue weighted by Gasteiger charge is -2.32. The molecule has 0 radical (unpaired) electrons. The van der Waals surface area contributed by atoms with E-state index in [9.17, 15) is 18.0 Å². The van der Waals surface area contributed by atoms with Crippen LogP contribution in [-0.2, 0) is 26.2 Å². The topological polar surface area (TPSA) is 86.8 Å². The SMILES string of the molecule is CCCNC(=O)C(C)N(Cc1cccc(Cl)c1)C(=O)CN(c1cc(Cl)ccc1Cl)S(=O)(=O)c1ccccc1. The number of carbonyl (C=O) groups is 2. The van der Waals surface area contributed by atoms with Crippen LogP contribution in [0.3, 0.4) is 0 Å². The lowest BCUT2D eigenvalue weighted by atomic mass is 10.1. The minimum Gasteiger partial charge on any atom is -0.354 e. The largest absolute Gasteiger partial charge is 0.354 e. The molecule has 0 heterocycles. The van der Waals surface area contributed by atoms with E-state index in [-0.39, 0.29) is 33.1 Å². The standard InChI is InChI=1S/C27H28Cl3N3O4S/c1-3-14-31-27(35)19(2)32(17-20-8-7-9-21(28)15-20)26(34)18-33(25-16-22(29)12-13-24(25)30)38(36,37)23-10-5-4-6-11-23/h4-13,15-16,19H,3,14,17-18H2,1-2H3,(H,31,35). The lowest BCUT2D eigenvalue weighted by Crippen LogP contribution is -2.51. The van der Waals surface area contributed by atoms with Gasteiger partial charge in [0, 0.05) is 23.1 Å². The summed E-state index contributed by atoms with van der Waals surface area (Å²) >= 11 is 18.7. The second-order valence-electron chi connectivity index (χ2n) is 8.54. The molecule has 3 aromatic carbocycles. The maximum atomic E-state index is 13.8. The Balaban J connectivity index is 2.05. The first kappa shape index (κ1) is 29.8. The van der Waals surface area contributed by atoms with Crippen molar-refractivity contribution in [1.29, 1.82) is 0 Å². The van der Waals surface area contributed by atoms with Crippen LogP contribution in [0.5, 0.6) is 0 Å². The molecule has 0 saturated heterocycles. The molecular weight excluding hydrogens is 569 g/mol. The highest BCUT2D eigenvalue weighted by Crippen LogP contribution is 2.33. The molecular formula is C27H28Cl3N3O4S. The smallest absolute Gasteiger partial charge is 0.264 e. The third-order valence-electron chi connectivity index (χ3n) is 5.75. The van der Waals surface area contributed by atoms with Gasteiger partial charge in [-0.05, 0) is 61.4 Å². The molecule has 0 bridgehead atoms. The van der Waals surface area contributed by atoms with Gasteiger partial charge in [-0.15, -0.1) is 0 Å². The van der Waals surface area contributed by atoms with E-state index in [1.54, 1.807) is 49.4 Å². The Bertz CT molecular complexity index is 1390. The molecule has 0 fully saturated rings. The molecule has 0 aliphatic carbocycles. The molecule has 2 amide bonds. The molecule has 3 aromatic rings. The summed E-state index contributed by atoms with van der Waals surface area (Å²) in [6.07, 6.45) is 0.719. The molecule has 38 heavy (non-hydrogen) atoms. The summed E-state index contributed by atoms with van der Waals surface area (Å²) in [7, 11) is -4.24. The zero-order valence-electron chi connectivity index (χ0n) is 20.9. The van der Waals surface area contributed by atoms with Crippen molar-refractivity contribution in [2.75, 3.05) is 17.4 Å². The summed E-state index contributed by atoms with van der Waals surface area (Å²) in [5, 5.41) is 3.60. The Morgan fingerprint density at radius 2 is 1.61 bits per heavy atom. The van der Waals surface area contributed by atoms with Crippen molar-refractivity contribution < 1.29 is 18.0 Å². The van der Waals surface area contributed by atoms with Crippen LogP contribution in [0.1, 0.15) is 25.8 Å². The Hall–Kier alpha value is -2.78. The van der Waals surface area contributed by atoms with Gasteiger partial charge in [-0.2, -0.15) is 0 Å². The molecule has 0 aromatic heterocycles. The second kappa shape index (κ2) is 13.3. The summed E-state index contributed by atoms with van der Waals surface area (Å²) < 4.78 is 28.4. The van der Waals surface area contributed by atoms with Gasteiger partial charge in [0.25, 0.3) is 10.0 Å². The van der Waals surface area contributed by atoms with Crippen molar-refractivity contribution in [3.05, 3.63) is 93.4 Å². The van der Waals surface area contributed by atoms with Gasteiger partial charge in [-0.1, -0.05) is 72.1 Å². The number of sulfonamides is 1. The van der Waals surface area contributed by atoms with Crippen LogP contribution in [0.4, 0.5) is 5.69 Å². The molecule has 1 N–H and O–H groups in total. The Labute approximate surface area is 238 Å². The predicted octanol–water partition coefficient (Wildman–Crippen LogP) is 5.79. The predicted molar refractivity (Wildman–Crippen MR) is 152 cm³/mol. The average molecular weight is 597 g/mol. The van der Waals surface area contributed by atoms with Gasteiger partial charge in [0.15, 0.2) is 0 Å². The zero-order valence-corrected chi connectivity index (χ0v) is 24.0. The van der Waals surface area contributed by atoms with Crippen molar-refractivity contribution in [2.45, 2.75) is 37.8 Å². The number of hydrogen-bond acceptors (Lipinski definition) is 4. The fraction of sp³-hybridized carbons (Fsp3) is 0.259. The maximum absolute atomic E-state index is 13.8. The van der Waals surface area contributed by atoms with E-state index in [2.05, 4.69) is 5.32 Å². The van der Waals surface area contributed by atoms with Crippen LogP contribution in [0.15, 0.2) is 77.7 Å². The van der Waals surface area contributed by atoms with Gasteiger partial charge in [0.05, 0.1) is 15.6 Å². The summed E-state index contributed by atoms with van der Waals surface area (Å²) in [6, 6.07) is 18.1. The first-order valence-corrected chi connectivity index (χ1v) is 14.5. The molecule has 1 atom stereocenters. The van der Waals surface area contributed by atoms with Crippen molar-refractivity contribution in [3.63, 3.8) is 0 Å². The molecule has 0 spiro atoms. The third kappa shape index (κ3) is 7.41. The summed E-state index contributed by atoms with van der Waals surface area (Å²) in [5.74, 6) is -0.972. The Kier molecular flexibility index (Phi) is 10.4. The molecule has 202 valence electrons. The third-order valence-corrected chi connectivity index (χ3v) is 8.31. The Morgan fingerprint density at radius 1 is 0.921 bits per heavy atom. The molecule has 3 rings (SSSR count). The van der Waals surface area contributed by atoms with Gasteiger partial charge < -0.3 is 10.2 Å². The highest BCUT2D eigenvalue weighted by molar-refractivity contribution is 7.92. The number of hydrogen-bond donors (Lipinski definition) is 1. The van der Waals surface area contributed by atoms with E-state index in [1.807, 2.05) is 6.92 Å². The minimum atomic E-state index is -4.24. The van der Waals surface area contributed by atoms with E-state index in [4.69, 9.17) is 34.8 Å². The van der Waals surface area contributed by atoms with Crippen molar-refractivity contribution >= 4 is 62.3 Å². The lowest BCUT2D eigenvalue weighted by molar-refractivity contribution is -0.139. The second-order valence-corrected chi connectivity index (χ2v) is 11.7. The van der Waals surface area contributed by atoms with Gasteiger partial charge in [-0.3, -0.25) is 13.9 Å². The quantitative estimate of drug-likeness (QED) is 0.304. The van der Waals surface area contributed by atoms with E-state index in [0.29, 0.717) is 17.1 Å². The van der Waals surface area contributed by atoms with Gasteiger partial charge >= 0.3 is 0 Å². The highest BCUT2D eigenvalue weighted by Gasteiger charge is 2.33. The van der Waals surface area contributed by atoms with E-state index >= 15 is 0 Å². The molecule has 0 aliphatic rings. The first-order valence-electron chi connectivity index (χ1n) is 11.9. The molecule has 0 saturated carbocycles. The van der Waals surface area contributed by atoms with Crippen LogP contribution in [0.2, 0.25) is 15.1 Å². The van der Waals surface area contributed by atoms with Crippen LogP contribution in [0, 0.1) is 0 Å². The first-order chi connectivity index (χ1) is 18.0. The highest BCUT2D eigenvalue weighted by atomic mass is 35.5. The number of benzene rings is 3. The van der Waals surface area contributed by atoms with E-state index < -0.39 is 28.5 Å². The van der Waals surface area contributed by atoms with Crippen molar-refractivity contribution in [1.82, 2.24) is 10.2 Å². The summed E-state index contributed by atoms with van der Waals surface area (Å²) in [6.45, 7) is 3.36. The molecule has 1 unspecified atom stereocenters. The normalized spacial score (nSPS) is 12.0. The number of nitrogens with zero attached hydrogens (tertiary/aromatic N) is 2.